The van der Waals surface area contributed by atoms with Crippen molar-refractivity contribution in [2.45, 2.75) is 46.1 Å². The zero-order valence-electron chi connectivity index (χ0n) is 12.1. The lowest BCUT2D eigenvalue weighted by Crippen LogP contribution is -2.44. The van der Waals surface area contributed by atoms with E-state index < -0.39 is 0 Å². The summed E-state index contributed by atoms with van der Waals surface area (Å²) in [4.78, 5) is 12.2. The van der Waals surface area contributed by atoms with Crippen molar-refractivity contribution in [3.63, 3.8) is 0 Å². The largest absolute Gasteiger partial charge is 0.399 e. The van der Waals surface area contributed by atoms with Crippen molar-refractivity contribution in [1.29, 1.82) is 0 Å². The summed E-state index contributed by atoms with van der Waals surface area (Å²) in [6, 6.07) is 7.43. The van der Waals surface area contributed by atoms with E-state index in [0.29, 0.717) is 22.6 Å². The molecule has 1 amide bonds. The van der Waals surface area contributed by atoms with Crippen LogP contribution in [-0.4, -0.2) is 11.9 Å². The minimum Gasteiger partial charge on any atom is -0.399 e. The smallest absolute Gasteiger partial charge is 0.251 e. The lowest BCUT2D eigenvalue weighted by atomic mass is 9.70. The van der Waals surface area contributed by atoms with Gasteiger partial charge in [0.1, 0.15) is 0 Å². The van der Waals surface area contributed by atoms with E-state index in [2.05, 4.69) is 26.1 Å². The molecule has 0 saturated heterocycles. The number of anilines is 1. The predicted octanol–water partition coefficient (Wildman–Crippen LogP) is 3.21. The molecule has 1 aromatic rings. The number of benzene rings is 1. The third-order valence-corrected chi connectivity index (χ3v) is 4.16. The van der Waals surface area contributed by atoms with Gasteiger partial charge in [0.15, 0.2) is 0 Å². The average molecular weight is 260 g/mol. The summed E-state index contributed by atoms with van der Waals surface area (Å²) in [5, 5.41) is 3.16. The first kappa shape index (κ1) is 13.9. The lowest BCUT2D eigenvalue weighted by molar-refractivity contribution is 0.0861. The van der Waals surface area contributed by atoms with Gasteiger partial charge < -0.3 is 11.1 Å². The summed E-state index contributed by atoms with van der Waals surface area (Å²) in [5.41, 5.74) is 7.39. The molecule has 1 aliphatic carbocycles. The lowest BCUT2D eigenvalue weighted by Gasteiger charge is -2.39. The molecule has 1 aromatic carbocycles. The van der Waals surface area contributed by atoms with E-state index in [1.54, 1.807) is 12.1 Å². The van der Waals surface area contributed by atoms with Gasteiger partial charge in [0, 0.05) is 17.3 Å². The number of rotatable bonds is 2. The first-order valence-corrected chi connectivity index (χ1v) is 7.04. The van der Waals surface area contributed by atoms with Gasteiger partial charge in [0.25, 0.3) is 5.91 Å². The summed E-state index contributed by atoms with van der Waals surface area (Å²) in [5.74, 6) is 0.512. The molecule has 0 aromatic heterocycles. The first-order valence-electron chi connectivity index (χ1n) is 7.04. The fraction of sp³-hybridized carbons (Fsp3) is 0.562. The van der Waals surface area contributed by atoms with Crippen molar-refractivity contribution in [3.8, 4) is 0 Å². The number of amides is 1. The molecule has 1 aliphatic rings. The van der Waals surface area contributed by atoms with Gasteiger partial charge in [-0.1, -0.05) is 26.8 Å². The first-order chi connectivity index (χ1) is 8.87. The van der Waals surface area contributed by atoms with E-state index in [1.165, 1.54) is 6.42 Å². The van der Waals surface area contributed by atoms with Gasteiger partial charge >= 0.3 is 0 Å². The van der Waals surface area contributed by atoms with Crippen LogP contribution in [-0.2, 0) is 0 Å². The molecule has 1 fully saturated rings. The van der Waals surface area contributed by atoms with Crippen LogP contribution in [0.15, 0.2) is 24.3 Å². The Bertz CT molecular complexity index is 468. The van der Waals surface area contributed by atoms with Gasteiger partial charge in [-0.3, -0.25) is 4.79 Å². The third kappa shape index (κ3) is 3.49. The van der Waals surface area contributed by atoms with Gasteiger partial charge in [-0.25, -0.2) is 0 Å². The van der Waals surface area contributed by atoms with Crippen molar-refractivity contribution in [2.75, 3.05) is 5.73 Å². The fourth-order valence-corrected chi connectivity index (χ4v) is 3.09. The van der Waals surface area contributed by atoms with E-state index in [4.69, 9.17) is 5.73 Å². The zero-order valence-corrected chi connectivity index (χ0v) is 12.1. The molecular weight excluding hydrogens is 236 g/mol. The molecule has 2 unspecified atom stereocenters. The van der Waals surface area contributed by atoms with E-state index in [1.807, 2.05) is 12.1 Å². The minimum absolute atomic E-state index is 0.0103. The van der Waals surface area contributed by atoms with E-state index in [-0.39, 0.29) is 11.9 Å². The molecule has 19 heavy (non-hydrogen) atoms. The highest BCUT2D eigenvalue weighted by molar-refractivity contribution is 5.95. The number of carbonyl (C=O) groups is 1. The topological polar surface area (TPSA) is 55.1 Å². The van der Waals surface area contributed by atoms with Crippen LogP contribution in [0, 0.1) is 11.3 Å². The zero-order chi connectivity index (χ0) is 14.0. The molecule has 3 heteroatoms. The maximum atomic E-state index is 12.2. The molecule has 0 heterocycles. The molecule has 0 spiro atoms. The van der Waals surface area contributed by atoms with Crippen LogP contribution in [0.1, 0.15) is 50.4 Å². The Morgan fingerprint density at radius 2 is 2.16 bits per heavy atom. The number of carbonyl (C=O) groups excluding carboxylic acids is 1. The summed E-state index contributed by atoms with van der Waals surface area (Å²) in [6.07, 6.45) is 3.39. The average Bonchev–Trinajstić information content (AvgIpc) is 2.32. The summed E-state index contributed by atoms with van der Waals surface area (Å²) in [7, 11) is 0. The van der Waals surface area contributed by atoms with Crippen LogP contribution in [0.2, 0.25) is 0 Å². The maximum Gasteiger partial charge on any atom is 0.251 e. The minimum atomic E-state index is -0.0103. The summed E-state index contributed by atoms with van der Waals surface area (Å²) in [6.45, 7) is 6.84. The van der Waals surface area contributed by atoms with E-state index in [0.717, 1.165) is 12.8 Å². The van der Waals surface area contributed by atoms with Crippen molar-refractivity contribution in [3.05, 3.63) is 29.8 Å². The molecule has 104 valence electrons. The monoisotopic (exact) mass is 260 g/mol. The molecule has 3 nitrogen and oxygen atoms in total. The Morgan fingerprint density at radius 1 is 1.42 bits per heavy atom. The van der Waals surface area contributed by atoms with Crippen molar-refractivity contribution in [2.24, 2.45) is 11.3 Å². The highest BCUT2D eigenvalue weighted by Crippen LogP contribution is 2.38. The molecule has 0 bridgehead atoms. The molecular formula is C16H24N2O. The molecule has 2 rings (SSSR count). The Labute approximate surface area is 115 Å². The van der Waals surface area contributed by atoms with Gasteiger partial charge in [-0.15, -0.1) is 0 Å². The molecule has 1 saturated carbocycles. The van der Waals surface area contributed by atoms with Crippen molar-refractivity contribution in [1.82, 2.24) is 5.32 Å². The van der Waals surface area contributed by atoms with Crippen LogP contribution in [0.25, 0.3) is 0 Å². The standard InChI is InChI=1S/C16H24N2O/c1-11-10-16(2,3)8-7-14(11)18-15(19)12-5-4-6-13(17)9-12/h4-6,9,11,14H,7-8,10,17H2,1-3H3,(H,18,19). The van der Waals surface area contributed by atoms with Crippen LogP contribution in [0.4, 0.5) is 5.69 Å². The SMILES string of the molecule is CC1CC(C)(C)CCC1NC(=O)c1cccc(N)c1. The van der Waals surface area contributed by atoms with E-state index >= 15 is 0 Å². The number of nitrogens with two attached hydrogens (primary N) is 1. The van der Waals surface area contributed by atoms with Gasteiger partial charge in [-0.05, 0) is 48.8 Å². The van der Waals surface area contributed by atoms with Crippen LogP contribution in [0.5, 0.6) is 0 Å². The second-order valence-corrected chi connectivity index (χ2v) is 6.59. The quantitative estimate of drug-likeness (QED) is 0.802. The highest BCUT2D eigenvalue weighted by Gasteiger charge is 2.33. The second kappa shape index (κ2) is 5.24. The Hall–Kier alpha value is -1.51. The Morgan fingerprint density at radius 3 is 2.79 bits per heavy atom. The molecule has 3 N–H and O–H groups in total. The van der Waals surface area contributed by atoms with Gasteiger partial charge in [-0.2, -0.15) is 0 Å². The van der Waals surface area contributed by atoms with Crippen LogP contribution >= 0.6 is 0 Å². The van der Waals surface area contributed by atoms with Gasteiger partial charge in [0.05, 0.1) is 0 Å². The van der Waals surface area contributed by atoms with Gasteiger partial charge in [0.2, 0.25) is 0 Å². The van der Waals surface area contributed by atoms with Crippen LogP contribution < -0.4 is 11.1 Å². The maximum absolute atomic E-state index is 12.2. The Balaban J connectivity index is 2.00. The molecule has 0 radical (unpaired) electrons. The predicted molar refractivity (Wildman–Crippen MR) is 78.9 cm³/mol. The number of hydrogen-bond donors (Lipinski definition) is 2. The van der Waals surface area contributed by atoms with Crippen molar-refractivity contribution < 1.29 is 4.79 Å². The fourth-order valence-electron chi connectivity index (χ4n) is 3.09. The third-order valence-electron chi connectivity index (χ3n) is 4.16. The second-order valence-electron chi connectivity index (χ2n) is 6.59. The number of hydrogen-bond acceptors (Lipinski definition) is 2. The summed E-state index contributed by atoms with van der Waals surface area (Å²) < 4.78 is 0. The summed E-state index contributed by atoms with van der Waals surface area (Å²) >= 11 is 0. The highest BCUT2D eigenvalue weighted by atomic mass is 16.1. The number of nitrogen functional groups attached to an aromatic ring is 1. The van der Waals surface area contributed by atoms with E-state index in [9.17, 15) is 4.79 Å². The normalized spacial score (nSPS) is 25.8. The number of nitrogens with one attached hydrogen (secondary N) is 1. The Kier molecular flexibility index (Phi) is 3.83. The molecule has 0 aliphatic heterocycles. The van der Waals surface area contributed by atoms with Crippen LogP contribution in [0.3, 0.4) is 0 Å². The molecule has 2 atom stereocenters. The van der Waals surface area contributed by atoms with Crippen molar-refractivity contribution >= 4 is 11.6 Å².